The number of ether oxygens (including phenoxy) is 1. The van der Waals surface area contributed by atoms with Crippen LogP contribution in [0.25, 0.3) is 0 Å². The molecule has 1 aliphatic heterocycles. The highest BCUT2D eigenvalue weighted by molar-refractivity contribution is 7.85. The van der Waals surface area contributed by atoms with E-state index in [-0.39, 0.29) is 5.91 Å². The van der Waals surface area contributed by atoms with E-state index < -0.39 is 11.0 Å². The second-order valence-corrected chi connectivity index (χ2v) is 11.0. The van der Waals surface area contributed by atoms with E-state index >= 15 is 0 Å². The molecule has 2 atom stereocenters. The van der Waals surface area contributed by atoms with Crippen LogP contribution in [0, 0.1) is 0 Å². The molecule has 8 heteroatoms. The van der Waals surface area contributed by atoms with E-state index in [0.29, 0.717) is 23.9 Å². The minimum Gasteiger partial charge on any atom is -0.497 e. The largest absolute Gasteiger partial charge is 0.497 e. The van der Waals surface area contributed by atoms with Crippen LogP contribution in [0.2, 0.25) is 0 Å². The van der Waals surface area contributed by atoms with E-state index in [0.717, 1.165) is 48.0 Å². The Labute approximate surface area is 198 Å². The van der Waals surface area contributed by atoms with Gasteiger partial charge in [0.05, 0.1) is 13.7 Å². The van der Waals surface area contributed by atoms with Gasteiger partial charge in [0, 0.05) is 29.6 Å². The molecule has 6 nitrogen and oxygen atoms in total. The molecule has 1 saturated heterocycles. The highest BCUT2D eigenvalue weighted by Gasteiger charge is 2.22. The quantitative estimate of drug-likeness (QED) is 0.472. The zero-order chi connectivity index (χ0) is 22.8. The first-order chi connectivity index (χ1) is 15.6. The number of rotatable bonds is 11. The summed E-state index contributed by atoms with van der Waals surface area (Å²) >= 11 is 1.51. The molecule has 2 unspecified atom stereocenters. The molecule has 0 aliphatic carbocycles. The van der Waals surface area contributed by atoms with Crippen LogP contribution in [-0.4, -0.2) is 47.2 Å². The van der Waals surface area contributed by atoms with Gasteiger partial charge in [0.15, 0.2) is 0 Å². The lowest BCUT2D eigenvalue weighted by Gasteiger charge is -2.18. The number of carbonyl (C=O) groups excluding carboxylic acids is 1. The minimum atomic E-state index is -1.14. The fraction of sp³-hybridized carbons (Fsp3) is 0.542. The number of amides is 1. The number of nitrogens with one attached hydrogen (secondary N) is 2. The van der Waals surface area contributed by atoms with Crippen molar-refractivity contribution >= 4 is 28.2 Å². The molecule has 0 saturated carbocycles. The summed E-state index contributed by atoms with van der Waals surface area (Å²) in [4.78, 5) is 13.4. The third kappa shape index (κ3) is 7.40. The average Bonchev–Trinajstić information content (AvgIpc) is 3.17. The summed E-state index contributed by atoms with van der Waals surface area (Å²) in [6.07, 6.45) is 6.99. The summed E-state index contributed by atoms with van der Waals surface area (Å²) in [6, 6.07) is 11.5. The van der Waals surface area contributed by atoms with Gasteiger partial charge < -0.3 is 15.4 Å². The summed E-state index contributed by atoms with van der Waals surface area (Å²) in [5.41, 5.74) is 0.562. The molecule has 2 aromatic rings. The predicted octanol–water partition coefficient (Wildman–Crippen LogP) is 4.34. The number of methoxy groups -OCH3 is 1. The third-order valence-electron chi connectivity index (χ3n) is 5.70. The molecule has 1 amide bonds. The smallest absolute Gasteiger partial charge is 0.251 e. The number of carbonyl (C=O) groups is 1. The van der Waals surface area contributed by atoms with Crippen LogP contribution in [0.5, 0.6) is 5.75 Å². The van der Waals surface area contributed by atoms with E-state index in [1.165, 1.54) is 30.6 Å². The van der Waals surface area contributed by atoms with Gasteiger partial charge in [0.25, 0.3) is 5.91 Å². The molecule has 1 aliphatic rings. The first kappa shape index (κ1) is 24.9. The zero-order valence-electron chi connectivity index (χ0n) is 19.1. The van der Waals surface area contributed by atoms with Crippen molar-refractivity contribution in [3.63, 3.8) is 0 Å². The molecule has 0 spiro atoms. The molecular formula is C24H35N3O3S2. The lowest BCUT2D eigenvalue weighted by atomic mass is 10.1. The van der Waals surface area contributed by atoms with Crippen molar-refractivity contribution in [3.8, 4) is 5.75 Å². The molecule has 32 heavy (non-hydrogen) atoms. The molecule has 0 bridgehead atoms. The molecule has 3 rings (SSSR count). The van der Waals surface area contributed by atoms with Gasteiger partial charge in [-0.05, 0) is 62.6 Å². The zero-order valence-corrected chi connectivity index (χ0v) is 20.7. The maximum absolute atomic E-state index is 13.1. The average molecular weight is 478 g/mol. The van der Waals surface area contributed by atoms with Crippen LogP contribution in [-0.2, 0) is 17.5 Å². The SMILES string of the molecule is CCCCCNC1CCCN(S(=O)c2ccc(CNC(=O)c3cccc(OC)c3)s2)CC1. The van der Waals surface area contributed by atoms with Crippen molar-refractivity contribution in [1.82, 2.24) is 14.9 Å². The Kier molecular flexibility index (Phi) is 10.2. The second-order valence-electron chi connectivity index (χ2n) is 8.10. The number of hydrogen-bond donors (Lipinski definition) is 2. The number of thiophene rings is 1. The standard InChI is InChI=1S/C24H35N3O3S2/c1-3-4-5-14-25-20-9-7-15-27(16-13-20)32(29)23-12-11-22(31-23)18-26-24(28)19-8-6-10-21(17-19)30-2/h6,8,10-12,17,20,25H,3-5,7,9,13-16,18H2,1-2H3,(H,26,28). The van der Waals surface area contributed by atoms with Gasteiger partial charge in [-0.2, -0.15) is 0 Å². The van der Waals surface area contributed by atoms with Crippen LogP contribution in [0.4, 0.5) is 0 Å². The van der Waals surface area contributed by atoms with Crippen LogP contribution in [0.3, 0.4) is 0 Å². The van der Waals surface area contributed by atoms with Crippen LogP contribution in [0.1, 0.15) is 60.7 Å². The maximum Gasteiger partial charge on any atom is 0.251 e. The fourth-order valence-electron chi connectivity index (χ4n) is 3.83. The normalized spacial score (nSPS) is 18.1. The Hall–Kier alpha value is -1.74. The first-order valence-corrected chi connectivity index (χ1v) is 13.4. The van der Waals surface area contributed by atoms with Gasteiger partial charge in [0.2, 0.25) is 0 Å². The summed E-state index contributed by atoms with van der Waals surface area (Å²) in [7, 11) is 0.439. The Bertz CT molecular complexity index is 887. The first-order valence-electron chi connectivity index (χ1n) is 11.5. The molecule has 2 N–H and O–H groups in total. The molecule has 1 aromatic heterocycles. The number of benzene rings is 1. The van der Waals surface area contributed by atoms with Gasteiger partial charge in [-0.25, -0.2) is 8.51 Å². The number of hydrogen-bond acceptors (Lipinski definition) is 5. The van der Waals surface area contributed by atoms with Crippen LogP contribution >= 0.6 is 11.3 Å². The monoisotopic (exact) mass is 477 g/mol. The van der Waals surface area contributed by atoms with Crippen molar-refractivity contribution in [2.45, 2.75) is 62.2 Å². The van der Waals surface area contributed by atoms with Gasteiger partial charge in [-0.1, -0.05) is 25.8 Å². The third-order valence-corrected chi connectivity index (χ3v) is 8.57. The minimum absolute atomic E-state index is 0.148. The molecular weight excluding hydrogens is 442 g/mol. The summed E-state index contributed by atoms with van der Waals surface area (Å²) in [5.74, 6) is 0.507. The Morgan fingerprint density at radius 2 is 2.09 bits per heavy atom. The van der Waals surface area contributed by atoms with Crippen molar-refractivity contribution in [2.75, 3.05) is 26.7 Å². The molecule has 176 valence electrons. The van der Waals surface area contributed by atoms with Crippen molar-refractivity contribution < 1.29 is 13.7 Å². The Morgan fingerprint density at radius 1 is 1.22 bits per heavy atom. The van der Waals surface area contributed by atoms with Crippen molar-refractivity contribution in [2.24, 2.45) is 0 Å². The summed E-state index contributed by atoms with van der Waals surface area (Å²) in [6.45, 7) is 5.43. The fourth-order valence-corrected chi connectivity index (χ4v) is 6.43. The van der Waals surface area contributed by atoms with E-state index in [1.807, 2.05) is 18.2 Å². The van der Waals surface area contributed by atoms with Gasteiger partial charge in [-0.15, -0.1) is 11.3 Å². The predicted molar refractivity (Wildman–Crippen MR) is 132 cm³/mol. The van der Waals surface area contributed by atoms with Gasteiger partial charge in [0.1, 0.15) is 20.9 Å². The van der Waals surface area contributed by atoms with Gasteiger partial charge in [-0.3, -0.25) is 4.79 Å². The highest BCUT2D eigenvalue weighted by Crippen LogP contribution is 2.24. The summed E-state index contributed by atoms with van der Waals surface area (Å²) in [5, 5.41) is 6.61. The number of nitrogens with zero attached hydrogens (tertiary/aromatic N) is 1. The Morgan fingerprint density at radius 3 is 2.91 bits per heavy atom. The highest BCUT2D eigenvalue weighted by atomic mass is 32.2. The van der Waals surface area contributed by atoms with E-state index in [4.69, 9.17) is 4.74 Å². The van der Waals surface area contributed by atoms with E-state index in [1.54, 1.807) is 25.3 Å². The molecule has 0 radical (unpaired) electrons. The van der Waals surface area contributed by atoms with Crippen LogP contribution < -0.4 is 15.4 Å². The lowest BCUT2D eigenvalue weighted by molar-refractivity contribution is 0.0951. The molecule has 1 fully saturated rings. The van der Waals surface area contributed by atoms with Crippen molar-refractivity contribution in [3.05, 3.63) is 46.8 Å². The van der Waals surface area contributed by atoms with Gasteiger partial charge >= 0.3 is 0 Å². The maximum atomic E-state index is 13.1. The van der Waals surface area contributed by atoms with Crippen LogP contribution in [0.15, 0.2) is 40.6 Å². The van der Waals surface area contributed by atoms with E-state index in [2.05, 4.69) is 21.9 Å². The van der Waals surface area contributed by atoms with E-state index in [9.17, 15) is 9.00 Å². The topological polar surface area (TPSA) is 70.7 Å². The molecule has 2 heterocycles. The lowest BCUT2D eigenvalue weighted by Crippen LogP contribution is -2.32. The number of unbranched alkanes of at least 4 members (excludes halogenated alkanes) is 2. The van der Waals surface area contributed by atoms with Crippen molar-refractivity contribution in [1.29, 1.82) is 0 Å². The molecule has 1 aromatic carbocycles. The Balaban J connectivity index is 1.48. The summed E-state index contributed by atoms with van der Waals surface area (Å²) < 4.78 is 21.3. The second kappa shape index (κ2) is 13.1.